The van der Waals surface area contributed by atoms with Crippen LogP contribution in [-0.2, 0) is 28.0 Å². The SMILES string of the molecule is Cn1nc(C(F)(F)F)cc1S(=O)(=O)N1CC2(CC(NC3COC3)C2)C1. The van der Waals surface area contributed by atoms with E-state index in [1.165, 1.54) is 11.4 Å². The van der Waals surface area contributed by atoms with Crippen LogP contribution < -0.4 is 5.32 Å². The number of aryl methyl sites for hydroxylation is 1. The fourth-order valence-corrected chi connectivity index (χ4v) is 5.65. The molecule has 1 saturated carbocycles. The molecule has 0 amide bonds. The fourth-order valence-electron chi connectivity index (χ4n) is 3.86. The molecule has 0 radical (unpaired) electrons. The van der Waals surface area contributed by atoms with Crippen LogP contribution in [0.2, 0.25) is 0 Å². The molecule has 2 saturated heterocycles. The number of sulfonamides is 1. The number of halogens is 3. The molecule has 2 aliphatic heterocycles. The van der Waals surface area contributed by atoms with Gasteiger partial charge >= 0.3 is 6.18 Å². The Labute approximate surface area is 143 Å². The Bertz CT molecular complexity index is 774. The van der Waals surface area contributed by atoms with Gasteiger partial charge in [0.15, 0.2) is 10.7 Å². The monoisotopic (exact) mass is 380 g/mol. The van der Waals surface area contributed by atoms with Gasteiger partial charge < -0.3 is 10.1 Å². The summed E-state index contributed by atoms with van der Waals surface area (Å²) >= 11 is 0. The molecule has 1 aromatic heterocycles. The average molecular weight is 380 g/mol. The molecule has 1 aromatic rings. The second-order valence-electron chi connectivity index (χ2n) is 7.27. The minimum Gasteiger partial charge on any atom is -0.378 e. The Kier molecular flexibility index (Phi) is 3.74. The van der Waals surface area contributed by atoms with Crippen LogP contribution in [0.25, 0.3) is 0 Å². The summed E-state index contributed by atoms with van der Waals surface area (Å²) < 4.78 is 70.5. The summed E-state index contributed by atoms with van der Waals surface area (Å²) in [5.41, 5.74) is -1.24. The Morgan fingerprint density at radius 1 is 1.28 bits per heavy atom. The molecule has 7 nitrogen and oxygen atoms in total. The van der Waals surface area contributed by atoms with Crippen molar-refractivity contribution in [3.63, 3.8) is 0 Å². The average Bonchev–Trinajstić information content (AvgIpc) is 2.75. The molecule has 1 N–H and O–H groups in total. The van der Waals surface area contributed by atoms with Crippen LogP contribution in [-0.4, -0.2) is 60.9 Å². The van der Waals surface area contributed by atoms with Gasteiger partial charge in [0.05, 0.1) is 19.3 Å². The molecule has 0 bridgehead atoms. The second-order valence-corrected chi connectivity index (χ2v) is 9.15. The lowest BCUT2D eigenvalue weighted by Gasteiger charge is -2.59. The summed E-state index contributed by atoms with van der Waals surface area (Å²) in [6.45, 7) is 2.13. The lowest BCUT2D eigenvalue weighted by Crippen LogP contribution is -2.68. The van der Waals surface area contributed by atoms with E-state index in [1.54, 1.807) is 0 Å². The number of nitrogens with one attached hydrogen (secondary N) is 1. The maximum atomic E-state index is 12.7. The number of nitrogens with zero attached hydrogens (tertiary/aromatic N) is 3. The van der Waals surface area contributed by atoms with Crippen LogP contribution >= 0.6 is 0 Å². The highest BCUT2D eigenvalue weighted by Gasteiger charge is 2.56. The van der Waals surface area contributed by atoms with Gasteiger partial charge in [-0.05, 0) is 12.8 Å². The molecule has 0 unspecified atom stereocenters. The summed E-state index contributed by atoms with van der Waals surface area (Å²) in [5.74, 6) is 0. The van der Waals surface area contributed by atoms with Crippen LogP contribution in [0, 0.1) is 5.41 Å². The molecule has 25 heavy (non-hydrogen) atoms. The zero-order valence-electron chi connectivity index (χ0n) is 13.6. The maximum absolute atomic E-state index is 12.7. The first-order valence-electron chi connectivity index (χ1n) is 8.04. The molecule has 140 valence electrons. The highest BCUT2D eigenvalue weighted by atomic mass is 32.2. The van der Waals surface area contributed by atoms with E-state index in [1.807, 2.05) is 0 Å². The van der Waals surface area contributed by atoms with E-state index < -0.39 is 26.9 Å². The van der Waals surface area contributed by atoms with Crippen molar-refractivity contribution in [3.8, 4) is 0 Å². The summed E-state index contributed by atoms with van der Waals surface area (Å²) in [7, 11) is -2.75. The lowest BCUT2D eigenvalue weighted by molar-refractivity contribution is -0.141. The van der Waals surface area contributed by atoms with Crippen LogP contribution in [0.1, 0.15) is 18.5 Å². The minimum atomic E-state index is -4.67. The molecular formula is C14H19F3N4O3S. The van der Waals surface area contributed by atoms with Crippen LogP contribution in [0.5, 0.6) is 0 Å². The maximum Gasteiger partial charge on any atom is 0.435 e. The predicted molar refractivity (Wildman–Crippen MR) is 80.2 cm³/mol. The van der Waals surface area contributed by atoms with Crippen LogP contribution in [0.4, 0.5) is 13.2 Å². The van der Waals surface area contributed by atoms with Gasteiger partial charge in [0.1, 0.15) is 0 Å². The number of rotatable bonds is 4. The summed E-state index contributed by atoms with van der Waals surface area (Å²) in [4.78, 5) is 0. The van der Waals surface area contributed by atoms with Crippen molar-refractivity contribution < 1.29 is 26.3 Å². The Balaban J connectivity index is 1.39. The van der Waals surface area contributed by atoms with E-state index in [0.717, 1.165) is 17.5 Å². The van der Waals surface area contributed by atoms with Gasteiger partial charge in [-0.15, -0.1) is 0 Å². The van der Waals surface area contributed by atoms with E-state index in [9.17, 15) is 21.6 Å². The molecule has 3 heterocycles. The highest BCUT2D eigenvalue weighted by molar-refractivity contribution is 7.89. The Morgan fingerprint density at radius 2 is 1.92 bits per heavy atom. The quantitative estimate of drug-likeness (QED) is 0.827. The van der Waals surface area contributed by atoms with Gasteiger partial charge in [-0.3, -0.25) is 4.68 Å². The van der Waals surface area contributed by atoms with Gasteiger partial charge in [-0.25, -0.2) is 8.42 Å². The van der Waals surface area contributed by atoms with Crippen LogP contribution in [0.15, 0.2) is 11.1 Å². The van der Waals surface area contributed by atoms with Gasteiger partial charge in [0, 0.05) is 37.7 Å². The zero-order valence-corrected chi connectivity index (χ0v) is 14.4. The molecule has 0 aromatic carbocycles. The van der Waals surface area contributed by atoms with E-state index in [4.69, 9.17) is 4.74 Å². The molecule has 1 spiro atoms. The molecule has 3 fully saturated rings. The van der Waals surface area contributed by atoms with E-state index in [0.29, 0.717) is 44.5 Å². The molecular weight excluding hydrogens is 361 g/mol. The van der Waals surface area contributed by atoms with Crippen LogP contribution in [0.3, 0.4) is 0 Å². The van der Waals surface area contributed by atoms with E-state index in [2.05, 4.69) is 10.4 Å². The van der Waals surface area contributed by atoms with Gasteiger partial charge in [-0.2, -0.15) is 22.6 Å². The predicted octanol–water partition coefficient (Wildman–Crippen LogP) is 0.580. The molecule has 0 atom stereocenters. The molecule has 4 rings (SSSR count). The minimum absolute atomic E-state index is 0.0409. The smallest absolute Gasteiger partial charge is 0.378 e. The first kappa shape index (κ1) is 17.3. The number of ether oxygens (including phenoxy) is 1. The highest BCUT2D eigenvalue weighted by Crippen LogP contribution is 2.50. The molecule has 3 aliphatic rings. The Morgan fingerprint density at radius 3 is 2.40 bits per heavy atom. The van der Waals surface area contributed by atoms with Crippen molar-refractivity contribution >= 4 is 10.0 Å². The standard InChI is InChI=1S/C14H19F3N4O3S/c1-20-12(2-11(19-20)14(15,16)17)25(22,23)21-7-13(8-21)3-9(4-13)18-10-5-24-6-10/h2,9-10,18H,3-8H2,1H3. The van der Waals surface area contributed by atoms with Crippen molar-refractivity contribution in [2.75, 3.05) is 26.3 Å². The second kappa shape index (κ2) is 5.41. The van der Waals surface area contributed by atoms with Crippen molar-refractivity contribution in [3.05, 3.63) is 11.8 Å². The largest absolute Gasteiger partial charge is 0.435 e. The zero-order chi connectivity index (χ0) is 18.0. The van der Waals surface area contributed by atoms with Gasteiger partial charge in [0.25, 0.3) is 10.0 Å². The van der Waals surface area contributed by atoms with Crippen molar-refractivity contribution in [1.29, 1.82) is 0 Å². The van der Waals surface area contributed by atoms with Crippen molar-refractivity contribution in [2.45, 2.75) is 36.1 Å². The van der Waals surface area contributed by atoms with E-state index >= 15 is 0 Å². The third-order valence-electron chi connectivity index (χ3n) is 5.22. The number of hydrogen-bond donors (Lipinski definition) is 1. The molecule has 11 heteroatoms. The number of alkyl halides is 3. The van der Waals surface area contributed by atoms with E-state index in [-0.39, 0.29) is 5.41 Å². The summed E-state index contributed by atoms with van der Waals surface area (Å²) in [5, 5.41) is 6.32. The normalized spacial score (nSPS) is 24.8. The number of aromatic nitrogens is 2. The van der Waals surface area contributed by atoms with Gasteiger partial charge in [-0.1, -0.05) is 0 Å². The third kappa shape index (κ3) is 2.86. The Hall–Kier alpha value is -1.17. The first-order valence-corrected chi connectivity index (χ1v) is 9.48. The lowest BCUT2D eigenvalue weighted by atomic mass is 9.61. The fraction of sp³-hybridized carbons (Fsp3) is 0.786. The van der Waals surface area contributed by atoms with Gasteiger partial charge in [0.2, 0.25) is 0 Å². The van der Waals surface area contributed by atoms with Crippen molar-refractivity contribution in [1.82, 2.24) is 19.4 Å². The van der Waals surface area contributed by atoms with Crippen molar-refractivity contribution in [2.24, 2.45) is 12.5 Å². The molecule has 1 aliphatic carbocycles. The topological polar surface area (TPSA) is 76.5 Å². The third-order valence-corrected chi connectivity index (χ3v) is 7.07. The first-order chi connectivity index (χ1) is 11.6. The number of hydrogen-bond acceptors (Lipinski definition) is 5. The summed E-state index contributed by atoms with van der Waals surface area (Å²) in [6.07, 6.45) is -2.90. The summed E-state index contributed by atoms with van der Waals surface area (Å²) in [6, 6.07) is 1.35.